The van der Waals surface area contributed by atoms with E-state index < -0.39 is 0 Å². The van der Waals surface area contributed by atoms with Crippen LogP contribution in [0.2, 0.25) is 0 Å². The third-order valence-corrected chi connectivity index (χ3v) is 0.492. The molecule has 42 valence electrons. The molecule has 0 aliphatic heterocycles. The molecule has 2 N–H and O–H groups in total. The van der Waals surface area contributed by atoms with Crippen molar-refractivity contribution < 1.29 is 4.84 Å². The predicted octanol–water partition coefficient (Wildman–Crippen LogP) is 0.0332. The molecule has 0 saturated carbocycles. The Hall–Kier alpha value is -0.640. The Kier molecular flexibility index (Phi) is 4.87. The van der Waals surface area contributed by atoms with E-state index in [1.54, 1.807) is 0 Å². The van der Waals surface area contributed by atoms with Crippen molar-refractivity contribution in [2.24, 2.45) is 11.1 Å². The maximum absolute atomic E-state index is 9.17. The average molecular weight is 104 g/mol. The molecule has 0 heterocycles. The van der Waals surface area contributed by atoms with Crippen molar-refractivity contribution in [2.75, 3.05) is 13.2 Å². The number of nitrogens with zero attached hydrogens (tertiary/aromatic N) is 1. The lowest BCUT2D eigenvalue weighted by Gasteiger charge is -1.88. The minimum Gasteiger partial charge on any atom is -0.364 e. The largest absolute Gasteiger partial charge is 0.364 e. The molecule has 0 amide bonds. The Morgan fingerprint density at radius 2 is 2.43 bits per heavy atom. The molecule has 0 aromatic heterocycles. The third kappa shape index (κ3) is 5.36. The lowest BCUT2D eigenvalue weighted by atomic mass is 10.5. The van der Waals surface area contributed by atoms with Crippen LogP contribution in [0.4, 0.5) is 0 Å². The number of hydrogen-bond acceptors (Lipinski definition) is 4. The number of rotatable bonds is 4. The van der Waals surface area contributed by atoms with Crippen LogP contribution >= 0.6 is 0 Å². The summed E-state index contributed by atoms with van der Waals surface area (Å²) in [4.78, 5) is 13.2. The van der Waals surface area contributed by atoms with Crippen molar-refractivity contribution in [1.82, 2.24) is 0 Å². The van der Waals surface area contributed by atoms with Gasteiger partial charge in [-0.15, -0.1) is 4.91 Å². The van der Waals surface area contributed by atoms with Crippen LogP contribution in [0.25, 0.3) is 0 Å². The summed E-state index contributed by atoms with van der Waals surface area (Å²) in [6, 6.07) is 0. The van der Waals surface area contributed by atoms with Gasteiger partial charge in [0.05, 0.1) is 0 Å². The monoisotopic (exact) mass is 104 g/mol. The van der Waals surface area contributed by atoms with Crippen molar-refractivity contribution in [1.29, 1.82) is 0 Å². The molecule has 0 aromatic rings. The topological polar surface area (TPSA) is 64.7 Å². The third-order valence-electron chi connectivity index (χ3n) is 0.492. The van der Waals surface area contributed by atoms with E-state index in [4.69, 9.17) is 10.6 Å². The van der Waals surface area contributed by atoms with E-state index in [0.29, 0.717) is 19.6 Å². The average Bonchev–Trinajstić information content (AvgIpc) is 1.69. The standard InChI is InChI=1S/C3H8N2O2/c4-2-1-3-7-5-6/h1-4H2. The van der Waals surface area contributed by atoms with Crippen LogP contribution in [0.3, 0.4) is 0 Å². The molecule has 0 unspecified atom stereocenters. The van der Waals surface area contributed by atoms with Crippen LogP contribution in [0.15, 0.2) is 5.34 Å². The minimum atomic E-state index is 0.333. The van der Waals surface area contributed by atoms with Crippen molar-refractivity contribution >= 4 is 0 Å². The summed E-state index contributed by atoms with van der Waals surface area (Å²) in [5.74, 6) is 0. The maximum Gasteiger partial charge on any atom is 0.155 e. The van der Waals surface area contributed by atoms with Crippen LogP contribution in [0, 0.1) is 4.91 Å². The van der Waals surface area contributed by atoms with Crippen molar-refractivity contribution in [3.63, 3.8) is 0 Å². The Bertz CT molecular complexity index is 48.2. The van der Waals surface area contributed by atoms with Crippen LogP contribution in [0.1, 0.15) is 6.42 Å². The first-order chi connectivity index (χ1) is 3.41. The van der Waals surface area contributed by atoms with Crippen LogP contribution in [-0.2, 0) is 4.84 Å². The second-order valence-corrected chi connectivity index (χ2v) is 1.05. The van der Waals surface area contributed by atoms with E-state index in [-0.39, 0.29) is 0 Å². The van der Waals surface area contributed by atoms with Gasteiger partial charge < -0.3 is 10.6 Å². The predicted molar refractivity (Wildman–Crippen MR) is 25.4 cm³/mol. The lowest BCUT2D eigenvalue weighted by molar-refractivity contribution is 0.138. The van der Waals surface area contributed by atoms with Crippen LogP contribution in [-0.4, -0.2) is 13.2 Å². The van der Waals surface area contributed by atoms with Crippen LogP contribution in [0.5, 0.6) is 0 Å². The van der Waals surface area contributed by atoms with Gasteiger partial charge in [-0.1, -0.05) is 0 Å². The van der Waals surface area contributed by atoms with Gasteiger partial charge in [-0.05, 0) is 13.0 Å². The van der Waals surface area contributed by atoms with Gasteiger partial charge in [0.2, 0.25) is 0 Å². The molecule has 4 heteroatoms. The molecule has 0 rings (SSSR count). The van der Waals surface area contributed by atoms with Crippen LogP contribution < -0.4 is 5.73 Å². The zero-order valence-electron chi connectivity index (χ0n) is 3.96. The molecule has 0 bridgehead atoms. The molecule has 0 spiro atoms. The Labute approximate surface area is 41.6 Å². The highest BCUT2D eigenvalue weighted by Crippen LogP contribution is 1.76. The molecular weight excluding hydrogens is 96.0 g/mol. The molecule has 4 nitrogen and oxygen atoms in total. The molecule has 0 aliphatic carbocycles. The molecule has 0 aromatic carbocycles. The summed E-state index contributed by atoms with van der Waals surface area (Å²) >= 11 is 0. The van der Waals surface area contributed by atoms with E-state index in [9.17, 15) is 0 Å². The SMILES string of the molecule is NCCCON=O. The Morgan fingerprint density at radius 1 is 1.71 bits per heavy atom. The van der Waals surface area contributed by atoms with E-state index in [1.807, 2.05) is 0 Å². The van der Waals surface area contributed by atoms with E-state index >= 15 is 0 Å². The number of nitrogens with two attached hydrogens (primary N) is 1. The summed E-state index contributed by atoms with van der Waals surface area (Å²) in [6.45, 7) is 0.871. The van der Waals surface area contributed by atoms with Gasteiger partial charge >= 0.3 is 0 Å². The van der Waals surface area contributed by atoms with Gasteiger partial charge in [0.15, 0.2) is 5.34 Å². The quantitative estimate of drug-likeness (QED) is 0.311. The van der Waals surface area contributed by atoms with Gasteiger partial charge in [-0.2, -0.15) is 0 Å². The smallest absolute Gasteiger partial charge is 0.155 e. The summed E-state index contributed by atoms with van der Waals surface area (Å²) in [5, 5.41) is 2.17. The summed E-state index contributed by atoms with van der Waals surface area (Å²) in [6.07, 6.45) is 0.686. The minimum absolute atomic E-state index is 0.333. The first kappa shape index (κ1) is 6.36. The first-order valence-corrected chi connectivity index (χ1v) is 2.06. The molecule has 0 aliphatic rings. The van der Waals surface area contributed by atoms with Gasteiger partial charge in [-0.25, -0.2) is 0 Å². The van der Waals surface area contributed by atoms with Gasteiger partial charge in [-0.3, -0.25) is 0 Å². The van der Waals surface area contributed by atoms with Gasteiger partial charge in [0.25, 0.3) is 0 Å². The van der Waals surface area contributed by atoms with Crippen molar-refractivity contribution in [3.8, 4) is 0 Å². The first-order valence-electron chi connectivity index (χ1n) is 2.06. The highest BCUT2D eigenvalue weighted by Gasteiger charge is 1.79. The second-order valence-electron chi connectivity index (χ2n) is 1.05. The normalized spacial score (nSPS) is 8.14. The fourth-order valence-electron chi connectivity index (χ4n) is 0.185. The summed E-state index contributed by atoms with van der Waals surface area (Å²) < 4.78 is 0. The fourth-order valence-corrected chi connectivity index (χ4v) is 0.185. The van der Waals surface area contributed by atoms with Gasteiger partial charge in [0, 0.05) is 0 Å². The van der Waals surface area contributed by atoms with E-state index in [1.165, 1.54) is 0 Å². The van der Waals surface area contributed by atoms with Crippen molar-refractivity contribution in [2.45, 2.75) is 6.42 Å². The fraction of sp³-hybridized carbons (Fsp3) is 1.00. The van der Waals surface area contributed by atoms with Crippen molar-refractivity contribution in [3.05, 3.63) is 4.91 Å². The molecule has 7 heavy (non-hydrogen) atoms. The maximum atomic E-state index is 9.17. The summed E-state index contributed by atoms with van der Waals surface area (Å²) in [5.41, 5.74) is 5.05. The molecule has 0 saturated heterocycles. The van der Waals surface area contributed by atoms with E-state index in [0.717, 1.165) is 0 Å². The molecular formula is C3H8N2O2. The molecule has 0 atom stereocenters. The highest BCUT2D eigenvalue weighted by atomic mass is 16.7. The Morgan fingerprint density at radius 3 is 2.86 bits per heavy atom. The lowest BCUT2D eigenvalue weighted by Crippen LogP contribution is -2.01. The highest BCUT2D eigenvalue weighted by molar-refractivity contribution is 4.31. The number of hydrogen-bond donors (Lipinski definition) is 1. The zero-order valence-corrected chi connectivity index (χ0v) is 3.96. The molecule has 0 radical (unpaired) electrons. The zero-order chi connectivity index (χ0) is 5.54. The van der Waals surface area contributed by atoms with Gasteiger partial charge in [0.1, 0.15) is 6.61 Å². The second kappa shape index (κ2) is 5.36. The summed E-state index contributed by atoms with van der Waals surface area (Å²) in [7, 11) is 0. The van der Waals surface area contributed by atoms with E-state index in [2.05, 4.69) is 10.2 Å². The Balaban J connectivity index is 2.56. The molecule has 0 fully saturated rings.